The molecule has 2 rings (SSSR count). The lowest BCUT2D eigenvalue weighted by molar-refractivity contribution is -0.151. The molecule has 0 aliphatic carbocycles. The van der Waals surface area contributed by atoms with Crippen LogP contribution in [-0.4, -0.2) is 41.5 Å². The summed E-state index contributed by atoms with van der Waals surface area (Å²) in [4.78, 5) is 33.2. The highest BCUT2D eigenvalue weighted by atomic mass is 19.1. The van der Waals surface area contributed by atoms with Crippen LogP contribution < -0.4 is 10.2 Å². The zero-order chi connectivity index (χ0) is 18.4. The predicted octanol–water partition coefficient (Wildman–Crippen LogP) is 1.76. The SMILES string of the molecule is C[C@@H](OC(=O)CN(C)c1ncccn1)C(=O)Nc1cc(F)ccc1F. The number of nitrogens with one attached hydrogen (secondary N) is 1. The number of halogens is 2. The summed E-state index contributed by atoms with van der Waals surface area (Å²) in [5, 5.41) is 2.17. The lowest BCUT2D eigenvalue weighted by Crippen LogP contribution is -2.35. The first-order valence-electron chi connectivity index (χ1n) is 7.30. The molecule has 1 heterocycles. The maximum Gasteiger partial charge on any atom is 0.326 e. The van der Waals surface area contributed by atoms with Crippen molar-refractivity contribution < 1.29 is 23.1 Å². The normalized spacial score (nSPS) is 11.5. The fourth-order valence-corrected chi connectivity index (χ4v) is 1.87. The molecule has 9 heteroatoms. The number of hydrogen-bond acceptors (Lipinski definition) is 6. The molecule has 7 nitrogen and oxygen atoms in total. The van der Waals surface area contributed by atoms with Crippen molar-refractivity contribution in [1.82, 2.24) is 9.97 Å². The molecule has 0 bridgehead atoms. The summed E-state index contributed by atoms with van der Waals surface area (Å²) >= 11 is 0. The molecule has 0 spiro atoms. The second-order valence-corrected chi connectivity index (χ2v) is 5.15. The Morgan fingerprint density at radius 2 is 1.96 bits per heavy atom. The van der Waals surface area contributed by atoms with Crippen LogP contribution in [0.25, 0.3) is 0 Å². The highest BCUT2D eigenvalue weighted by Crippen LogP contribution is 2.15. The van der Waals surface area contributed by atoms with Gasteiger partial charge in [-0.1, -0.05) is 0 Å². The zero-order valence-electron chi connectivity index (χ0n) is 13.6. The summed E-state index contributed by atoms with van der Waals surface area (Å²) in [7, 11) is 1.59. The summed E-state index contributed by atoms with van der Waals surface area (Å²) in [5.41, 5.74) is -0.331. The molecule has 0 radical (unpaired) electrons. The van der Waals surface area contributed by atoms with E-state index in [1.165, 1.54) is 24.2 Å². The van der Waals surface area contributed by atoms with Gasteiger partial charge in [-0.3, -0.25) is 9.59 Å². The molecule has 0 saturated heterocycles. The largest absolute Gasteiger partial charge is 0.451 e. The number of carbonyl (C=O) groups is 2. The number of carbonyl (C=O) groups excluding carboxylic acids is 2. The van der Waals surface area contributed by atoms with Gasteiger partial charge in [0.2, 0.25) is 5.95 Å². The van der Waals surface area contributed by atoms with Crippen molar-refractivity contribution in [2.75, 3.05) is 23.8 Å². The monoisotopic (exact) mass is 350 g/mol. The van der Waals surface area contributed by atoms with Crippen LogP contribution in [0.4, 0.5) is 20.4 Å². The first kappa shape index (κ1) is 18.2. The minimum atomic E-state index is -1.19. The fourth-order valence-electron chi connectivity index (χ4n) is 1.87. The van der Waals surface area contributed by atoms with E-state index in [2.05, 4.69) is 15.3 Å². The first-order chi connectivity index (χ1) is 11.9. The van der Waals surface area contributed by atoms with Gasteiger partial charge in [0.25, 0.3) is 5.91 Å². The molecule has 2 aromatic rings. The van der Waals surface area contributed by atoms with Crippen molar-refractivity contribution in [2.24, 2.45) is 0 Å². The molecular weight excluding hydrogens is 334 g/mol. The minimum absolute atomic E-state index is 0.185. The van der Waals surface area contributed by atoms with Gasteiger partial charge in [-0.15, -0.1) is 0 Å². The molecule has 25 heavy (non-hydrogen) atoms. The number of aromatic nitrogens is 2. The fraction of sp³-hybridized carbons (Fsp3) is 0.250. The van der Waals surface area contributed by atoms with E-state index in [1.807, 2.05) is 0 Å². The van der Waals surface area contributed by atoms with Crippen LogP contribution in [0.2, 0.25) is 0 Å². The van der Waals surface area contributed by atoms with Crippen LogP contribution in [0.15, 0.2) is 36.7 Å². The molecule has 0 aliphatic rings. The lowest BCUT2D eigenvalue weighted by atomic mass is 10.2. The van der Waals surface area contributed by atoms with E-state index in [0.717, 1.165) is 18.2 Å². The van der Waals surface area contributed by atoms with Crippen LogP contribution in [0.1, 0.15) is 6.92 Å². The third kappa shape index (κ3) is 5.20. The standard InChI is InChI=1S/C16H16F2N4O3/c1-10(15(24)21-13-8-11(17)4-5-12(13)18)25-14(23)9-22(2)16-19-6-3-7-20-16/h3-8,10H,9H2,1-2H3,(H,21,24)/t10-/m1/s1. The molecule has 1 amide bonds. The molecule has 0 saturated carbocycles. The van der Waals surface area contributed by atoms with Crippen LogP contribution in [-0.2, 0) is 14.3 Å². The number of ether oxygens (including phenoxy) is 1. The number of amides is 1. The topological polar surface area (TPSA) is 84.4 Å². The van der Waals surface area contributed by atoms with Crippen LogP contribution >= 0.6 is 0 Å². The number of anilines is 2. The maximum absolute atomic E-state index is 13.5. The van der Waals surface area contributed by atoms with Crippen molar-refractivity contribution in [3.63, 3.8) is 0 Å². The van der Waals surface area contributed by atoms with Gasteiger partial charge in [0.05, 0.1) is 5.69 Å². The molecular formula is C16H16F2N4O3. The first-order valence-corrected chi connectivity index (χ1v) is 7.30. The van der Waals surface area contributed by atoms with E-state index in [-0.39, 0.29) is 12.2 Å². The smallest absolute Gasteiger partial charge is 0.326 e. The Bertz CT molecular complexity index is 758. The number of rotatable bonds is 6. The molecule has 1 atom stereocenters. The van der Waals surface area contributed by atoms with Crippen LogP contribution in [0.5, 0.6) is 0 Å². The van der Waals surface area contributed by atoms with Crippen molar-refractivity contribution in [2.45, 2.75) is 13.0 Å². The van der Waals surface area contributed by atoms with Crippen molar-refractivity contribution in [3.8, 4) is 0 Å². The Morgan fingerprint density at radius 3 is 2.64 bits per heavy atom. The third-order valence-corrected chi connectivity index (χ3v) is 3.12. The maximum atomic E-state index is 13.5. The molecule has 1 N–H and O–H groups in total. The molecule has 1 aromatic carbocycles. The van der Waals surface area contributed by atoms with E-state index < -0.39 is 29.6 Å². The Hall–Kier alpha value is -3.10. The third-order valence-electron chi connectivity index (χ3n) is 3.12. The average molecular weight is 350 g/mol. The van der Waals surface area contributed by atoms with Gasteiger partial charge in [-0.25, -0.2) is 18.7 Å². The summed E-state index contributed by atoms with van der Waals surface area (Å²) < 4.78 is 31.6. The summed E-state index contributed by atoms with van der Waals surface area (Å²) in [6.07, 6.45) is 1.85. The zero-order valence-corrected chi connectivity index (χ0v) is 13.6. The van der Waals surface area contributed by atoms with E-state index in [1.54, 1.807) is 13.1 Å². The number of benzene rings is 1. The molecule has 0 fully saturated rings. The second kappa shape index (κ2) is 8.13. The van der Waals surface area contributed by atoms with E-state index in [9.17, 15) is 18.4 Å². The van der Waals surface area contributed by atoms with E-state index in [4.69, 9.17) is 4.74 Å². The van der Waals surface area contributed by atoms with Crippen molar-refractivity contribution in [3.05, 3.63) is 48.3 Å². The van der Waals surface area contributed by atoms with Gasteiger partial charge in [0.1, 0.15) is 18.2 Å². The second-order valence-electron chi connectivity index (χ2n) is 5.15. The van der Waals surface area contributed by atoms with E-state index >= 15 is 0 Å². The number of nitrogens with zero attached hydrogens (tertiary/aromatic N) is 3. The van der Waals surface area contributed by atoms with Gasteiger partial charge in [-0.05, 0) is 25.1 Å². The van der Waals surface area contributed by atoms with Crippen molar-refractivity contribution in [1.29, 1.82) is 0 Å². The van der Waals surface area contributed by atoms with Gasteiger partial charge < -0.3 is 15.0 Å². The Labute approximate surface area is 142 Å². The molecule has 132 valence electrons. The average Bonchev–Trinajstić information content (AvgIpc) is 2.58. The van der Waals surface area contributed by atoms with Crippen molar-refractivity contribution >= 4 is 23.5 Å². The Morgan fingerprint density at radius 1 is 1.28 bits per heavy atom. The molecule has 1 aromatic heterocycles. The highest BCUT2D eigenvalue weighted by molar-refractivity contribution is 5.95. The van der Waals surface area contributed by atoms with Crippen LogP contribution in [0, 0.1) is 11.6 Å². The molecule has 0 unspecified atom stereocenters. The van der Waals surface area contributed by atoms with Gasteiger partial charge >= 0.3 is 5.97 Å². The predicted molar refractivity (Wildman–Crippen MR) is 85.8 cm³/mol. The summed E-state index contributed by atoms with van der Waals surface area (Å²) in [5.74, 6) is -2.66. The minimum Gasteiger partial charge on any atom is -0.451 e. The number of likely N-dealkylation sites (N-methyl/N-ethyl adjacent to an activating group) is 1. The van der Waals surface area contributed by atoms with Gasteiger partial charge in [-0.2, -0.15) is 0 Å². The highest BCUT2D eigenvalue weighted by Gasteiger charge is 2.20. The van der Waals surface area contributed by atoms with Crippen LogP contribution in [0.3, 0.4) is 0 Å². The van der Waals surface area contributed by atoms with Gasteiger partial charge in [0, 0.05) is 25.5 Å². The number of hydrogen-bond donors (Lipinski definition) is 1. The summed E-state index contributed by atoms with van der Waals surface area (Å²) in [6.45, 7) is 1.14. The number of esters is 1. The molecule has 0 aliphatic heterocycles. The Balaban J connectivity index is 1.90. The quantitative estimate of drug-likeness (QED) is 0.799. The lowest BCUT2D eigenvalue weighted by Gasteiger charge is -2.18. The van der Waals surface area contributed by atoms with E-state index in [0.29, 0.717) is 5.95 Å². The summed E-state index contributed by atoms with van der Waals surface area (Å²) in [6, 6.07) is 4.28. The Kier molecular flexibility index (Phi) is 5.93. The van der Waals surface area contributed by atoms with Gasteiger partial charge in [0.15, 0.2) is 6.10 Å².